The first kappa shape index (κ1) is 29.3. The van der Waals surface area contributed by atoms with Crippen LogP contribution < -0.4 is 4.74 Å². The van der Waals surface area contributed by atoms with E-state index in [1.165, 1.54) is 13.3 Å². The average Bonchev–Trinajstić information content (AvgIpc) is 2.92. The summed E-state index contributed by atoms with van der Waals surface area (Å²) in [5.41, 5.74) is 0.180. The van der Waals surface area contributed by atoms with E-state index in [2.05, 4.69) is 16.8 Å². The molecule has 1 fully saturated rings. The van der Waals surface area contributed by atoms with Crippen molar-refractivity contribution in [2.24, 2.45) is 5.41 Å². The highest BCUT2D eigenvalue weighted by molar-refractivity contribution is 5.85. The Labute approximate surface area is 229 Å². The van der Waals surface area contributed by atoms with Crippen molar-refractivity contribution in [3.05, 3.63) is 70.7 Å². The van der Waals surface area contributed by atoms with Gasteiger partial charge in [0.2, 0.25) is 0 Å². The van der Waals surface area contributed by atoms with Gasteiger partial charge in [0.1, 0.15) is 29.9 Å². The van der Waals surface area contributed by atoms with E-state index in [-0.39, 0.29) is 24.9 Å². The number of carbonyl (C=O) groups is 1. The van der Waals surface area contributed by atoms with Gasteiger partial charge in [0.25, 0.3) is 0 Å². The minimum absolute atomic E-state index is 0.0911. The number of piperidine rings is 1. The number of ether oxygens (including phenoxy) is 1. The molecule has 0 spiro atoms. The lowest BCUT2D eigenvalue weighted by Crippen LogP contribution is -2.41. The number of carboxylic acid groups (broad SMARTS) is 1. The van der Waals surface area contributed by atoms with Crippen LogP contribution in [-0.2, 0) is 11.5 Å². The number of benzene rings is 2. The number of pyridine rings is 1. The van der Waals surface area contributed by atoms with Crippen LogP contribution in [0, 0.1) is 34.7 Å². The molecule has 2 heterocycles. The Kier molecular flexibility index (Phi) is 9.28. The van der Waals surface area contributed by atoms with Crippen LogP contribution in [0.3, 0.4) is 0 Å². The van der Waals surface area contributed by atoms with Crippen molar-refractivity contribution in [2.45, 2.75) is 44.9 Å². The molecule has 0 saturated carbocycles. The monoisotopic (exact) mass is 558 g/mol. The lowest BCUT2D eigenvalue weighted by Gasteiger charge is -2.41. The molecule has 1 aliphatic heterocycles. The topological polar surface area (TPSA) is 82.9 Å². The van der Waals surface area contributed by atoms with Gasteiger partial charge in [-0.1, -0.05) is 11.8 Å². The number of hydrogen-bond donors (Lipinski definition) is 2. The van der Waals surface area contributed by atoms with Crippen LogP contribution in [0.15, 0.2) is 36.5 Å². The number of nitrogens with zero attached hydrogens (tertiary/aromatic N) is 2. The third-order valence-electron chi connectivity index (χ3n) is 7.59. The van der Waals surface area contributed by atoms with Crippen molar-refractivity contribution in [2.75, 3.05) is 26.7 Å². The van der Waals surface area contributed by atoms with Gasteiger partial charge in [-0.2, -0.15) is 0 Å². The highest BCUT2D eigenvalue weighted by Crippen LogP contribution is 2.42. The van der Waals surface area contributed by atoms with E-state index in [4.69, 9.17) is 4.74 Å². The summed E-state index contributed by atoms with van der Waals surface area (Å²) in [6, 6.07) is 6.31. The minimum atomic E-state index is -1.07. The summed E-state index contributed by atoms with van der Waals surface area (Å²) >= 11 is 0. The molecule has 4 rings (SSSR count). The molecule has 1 aliphatic rings. The Hall–Kier alpha value is -3.68. The maximum absolute atomic E-state index is 13.9. The van der Waals surface area contributed by atoms with Crippen LogP contribution in [0.5, 0.6) is 5.75 Å². The highest BCUT2D eigenvalue weighted by atomic mass is 19.1. The zero-order valence-corrected chi connectivity index (χ0v) is 22.0. The van der Waals surface area contributed by atoms with E-state index in [9.17, 15) is 32.6 Å². The molecule has 212 valence electrons. The van der Waals surface area contributed by atoms with Crippen molar-refractivity contribution < 1.29 is 37.3 Å². The Morgan fingerprint density at radius 1 is 1.18 bits per heavy atom. The van der Waals surface area contributed by atoms with Crippen molar-refractivity contribution in [1.29, 1.82) is 0 Å². The zero-order valence-electron chi connectivity index (χ0n) is 22.0. The van der Waals surface area contributed by atoms with Gasteiger partial charge in [-0.05, 0) is 68.0 Å². The molecule has 0 radical (unpaired) electrons. The van der Waals surface area contributed by atoms with Gasteiger partial charge in [0.15, 0.2) is 0 Å². The van der Waals surface area contributed by atoms with Gasteiger partial charge in [0.05, 0.1) is 37.3 Å². The Morgan fingerprint density at radius 2 is 1.88 bits per heavy atom. The van der Waals surface area contributed by atoms with Gasteiger partial charge in [-0.15, -0.1) is 0 Å². The van der Waals surface area contributed by atoms with Crippen molar-refractivity contribution >= 4 is 16.9 Å². The standard InChI is InChI=1S/C30H30F4N2O4/c1-40-21-4-5-26-23(15-21)29(19(17-31)18-35-26)27(37)6-7-30(16-28(38)39)8-11-36(12-9-30)10-2-3-22-24(33)13-20(32)14-25(22)34/h4-5,13-15,18,27,37H,6-12,16-17H2,1H3,(H,38,39). The molecule has 0 amide bonds. The second-order valence-corrected chi connectivity index (χ2v) is 10.2. The van der Waals surface area contributed by atoms with E-state index in [1.54, 1.807) is 18.2 Å². The fourth-order valence-electron chi connectivity index (χ4n) is 5.37. The normalized spacial score (nSPS) is 15.8. The average molecular weight is 559 g/mol. The SMILES string of the molecule is COc1ccc2ncc(CF)c(C(O)CCC3(CC(=O)O)CCN(CC#Cc4c(F)cc(F)cc4F)CC3)c2c1. The lowest BCUT2D eigenvalue weighted by atomic mass is 9.71. The molecule has 40 heavy (non-hydrogen) atoms. The highest BCUT2D eigenvalue weighted by Gasteiger charge is 2.37. The molecule has 2 aromatic carbocycles. The predicted molar refractivity (Wildman–Crippen MR) is 141 cm³/mol. The molecule has 1 aromatic heterocycles. The van der Waals surface area contributed by atoms with E-state index in [0.29, 0.717) is 66.7 Å². The Balaban J connectivity index is 1.46. The number of halogens is 4. The summed E-state index contributed by atoms with van der Waals surface area (Å²) < 4.78 is 60.0. The van der Waals surface area contributed by atoms with Crippen LogP contribution in [0.4, 0.5) is 17.6 Å². The summed E-state index contributed by atoms with van der Waals surface area (Å²) in [7, 11) is 1.51. The van der Waals surface area contributed by atoms with E-state index in [1.807, 2.05) is 4.90 Å². The Bertz CT molecular complexity index is 1420. The maximum Gasteiger partial charge on any atom is 0.303 e. The molecule has 0 aliphatic carbocycles. The number of hydrogen-bond acceptors (Lipinski definition) is 5. The molecule has 0 bridgehead atoms. The number of methoxy groups -OCH3 is 1. The summed E-state index contributed by atoms with van der Waals surface area (Å²) in [6.07, 6.45) is 1.90. The molecular formula is C30H30F4N2O4. The molecule has 3 aromatic rings. The van der Waals surface area contributed by atoms with E-state index < -0.39 is 47.2 Å². The Morgan fingerprint density at radius 3 is 2.50 bits per heavy atom. The number of rotatable bonds is 9. The second-order valence-electron chi connectivity index (χ2n) is 10.2. The second kappa shape index (κ2) is 12.7. The summed E-state index contributed by atoms with van der Waals surface area (Å²) in [4.78, 5) is 18.0. The molecule has 10 heteroatoms. The number of aliphatic carboxylic acids is 1. The van der Waals surface area contributed by atoms with Crippen LogP contribution in [0.1, 0.15) is 54.9 Å². The first-order chi connectivity index (χ1) is 19.1. The number of alkyl halides is 1. The maximum atomic E-state index is 13.9. The first-order valence-electron chi connectivity index (χ1n) is 12.9. The lowest BCUT2D eigenvalue weighted by molar-refractivity contribution is -0.141. The largest absolute Gasteiger partial charge is 0.497 e. The third-order valence-corrected chi connectivity index (χ3v) is 7.59. The first-order valence-corrected chi connectivity index (χ1v) is 12.9. The fraction of sp³-hybridized carbons (Fsp3) is 0.400. The minimum Gasteiger partial charge on any atom is -0.497 e. The summed E-state index contributed by atoms with van der Waals surface area (Å²) in [5.74, 6) is 1.57. The smallest absolute Gasteiger partial charge is 0.303 e. The summed E-state index contributed by atoms with van der Waals surface area (Å²) in [6.45, 7) is 0.385. The van der Waals surface area contributed by atoms with Crippen molar-refractivity contribution in [3.63, 3.8) is 0 Å². The summed E-state index contributed by atoms with van der Waals surface area (Å²) in [5, 5.41) is 21.4. The molecule has 6 nitrogen and oxygen atoms in total. The number of fused-ring (bicyclic) bond motifs is 1. The predicted octanol–water partition coefficient (Wildman–Crippen LogP) is 5.55. The van der Waals surface area contributed by atoms with Crippen LogP contribution in [0.2, 0.25) is 0 Å². The van der Waals surface area contributed by atoms with Crippen molar-refractivity contribution in [1.82, 2.24) is 9.88 Å². The molecule has 1 saturated heterocycles. The van der Waals surface area contributed by atoms with Crippen LogP contribution in [0.25, 0.3) is 10.9 Å². The number of likely N-dealkylation sites (tertiary alicyclic amines) is 1. The third kappa shape index (κ3) is 6.72. The number of aromatic nitrogens is 1. The van der Waals surface area contributed by atoms with Gasteiger partial charge < -0.3 is 14.9 Å². The number of carboxylic acids is 1. The van der Waals surface area contributed by atoms with Gasteiger partial charge in [-0.25, -0.2) is 17.6 Å². The van der Waals surface area contributed by atoms with Gasteiger partial charge in [-0.3, -0.25) is 14.7 Å². The van der Waals surface area contributed by atoms with Gasteiger partial charge in [0, 0.05) is 29.3 Å². The molecule has 2 N–H and O–H groups in total. The quantitative estimate of drug-likeness (QED) is 0.265. The zero-order chi connectivity index (χ0) is 28.9. The number of aliphatic hydroxyl groups excluding tert-OH is 1. The van der Waals surface area contributed by atoms with Crippen molar-refractivity contribution in [3.8, 4) is 17.6 Å². The molecule has 1 unspecified atom stereocenters. The van der Waals surface area contributed by atoms with Crippen LogP contribution >= 0.6 is 0 Å². The van der Waals surface area contributed by atoms with E-state index >= 15 is 0 Å². The van der Waals surface area contributed by atoms with Crippen LogP contribution in [-0.4, -0.2) is 52.8 Å². The number of aliphatic hydroxyl groups is 1. The van der Waals surface area contributed by atoms with E-state index in [0.717, 1.165) is 0 Å². The molecular weight excluding hydrogens is 528 g/mol. The van der Waals surface area contributed by atoms with Gasteiger partial charge >= 0.3 is 5.97 Å². The fourth-order valence-corrected chi connectivity index (χ4v) is 5.37. The molecule has 1 atom stereocenters.